The molecule has 0 bridgehead atoms. The smallest absolute Gasteiger partial charge is 0.336 e. The zero-order valence-corrected chi connectivity index (χ0v) is 14.6. The minimum atomic E-state index is -0.341. The molecule has 2 N–H and O–H groups in total. The number of benzene rings is 1. The van der Waals surface area contributed by atoms with Gasteiger partial charge in [0.05, 0.1) is 6.54 Å². The van der Waals surface area contributed by atoms with Crippen LogP contribution in [0.5, 0.6) is 0 Å². The molecule has 0 aliphatic heterocycles. The van der Waals surface area contributed by atoms with Crippen molar-refractivity contribution in [3.63, 3.8) is 0 Å². The zero-order valence-electron chi connectivity index (χ0n) is 13.8. The van der Waals surface area contributed by atoms with Crippen molar-refractivity contribution in [2.24, 2.45) is 10.7 Å². The van der Waals surface area contributed by atoms with Crippen molar-refractivity contribution in [2.45, 2.75) is 32.4 Å². The van der Waals surface area contributed by atoms with Crippen LogP contribution in [0.25, 0.3) is 11.0 Å². The van der Waals surface area contributed by atoms with E-state index in [9.17, 15) is 4.79 Å². The summed E-state index contributed by atoms with van der Waals surface area (Å²) in [5.74, 6) is 0.987. The fraction of sp³-hybridized carbons (Fsp3) is 0.333. The van der Waals surface area contributed by atoms with E-state index in [1.807, 2.05) is 13.0 Å². The molecule has 1 heterocycles. The molecule has 5 heteroatoms. The maximum absolute atomic E-state index is 11.8. The van der Waals surface area contributed by atoms with Gasteiger partial charge < -0.3 is 10.2 Å². The van der Waals surface area contributed by atoms with E-state index in [0.717, 1.165) is 16.5 Å². The molecule has 0 atom stereocenters. The summed E-state index contributed by atoms with van der Waals surface area (Å²) in [6.07, 6.45) is 1.69. The van der Waals surface area contributed by atoms with Gasteiger partial charge in [0.25, 0.3) is 0 Å². The van der Waals surface area contributed by atoms with Crippen molar-refractivity contribution in [3.05, 3.63) is 58.0 Å². The van der Waals surface area contributed by atoms with E-state index in [-0.39, 0.29) is 5.63 Å². The number of hydrogen-bond acceptors (Lipinski definition) is 4. The van der Waals surface area contributed by atoms with Crippen LogP contribution in [0.15, 0.2) is 45.1 Å². The highest BCUT2D eigenvalue weighted by Crippen LogP contribution is 2.28. The summed E-state index contributed by atoms with van der Waals surface area (Å²) >= 11 is 1.41. The fourth-order valence-corrected chi connectivity index (χ4v) is 3.19. The number of aryl methyl sites for hydroxylation is 1. The zero-order chi connectivity index (χ0) is 17.0. The van der Waals surface area contributed by atoms with Crippen molar-refractivity contribution < 1.29 is 4.42 Å². The second-order valence-corrected chi connectivity index (χ2v) is 6.70. The highest BCUT2D eigenvalue weighted by atomic mass is 32.2. The standard InChI is InChI=1S/C18H22N2O2S/c1-5-6-20-18(19)23-10-13-8-17(21)22-16-7-12(4)14(11(2)3)9-15(13)16/h5,7-9,11H,1,6,10H2,2-4H3,(H2,19,20). The molecule has 23 heavy (non-hydrogen) atoms. The van der Waals surface area contributed by atoms with Gasteiger partial charge in [0, 0.05) is 17.2 Å². The Hall–Kier alpha value is -2.01. The second-order valence-electron chi connectivity index (χ2n) is 5.71. The van der Waals surface area contributed by atoms with Gasteiger partial charge in [-0.05, 0) is 41.7 Å². The van der Waals surface area contributed by atoms with Gasteiger partial charge in [-0.2, -0.15) is 0 Å². The third kappa shape index (κ3) is 4.26. The first-order valence-corrected chi connectivity index (χ1v) is 8.51. The Morgan fingerprint density at radius 1 is 1.43 bits per heavy atom. The van der Waals surface area contributed by atoms with E-state index in [1.165, 1.54) is 23.4 Å². The van der Waals surface area contributed by atoms with Crippen LogP contribution in [-0.4, -0.2) is 11.7 Å². The maximum atomic E-state index is 11.8. The minimum absolute atomic E-state index is 0.341. The van der Waals surface area contributed by atoms with E-state index >= 15 is 0 Å². The van der Waals surface area contributed by atoms with Gasteiger partial charge in [-0.3, -0.25) is 4.99 Å². The Bertz CT molecular complexity index is 807. The van der Waals surface area contributed by atoms with Crippen LogP contribution >= 0.6 is 11.8 Å². The van der Waals surface area contributed by atoms with E-state index in [4.69, 9.17) is 10.2 Å². The van der Waals surface area contributed by atoms with Gasteiger partial charge in [-0.15, -0.1) is 6.58 Å². The predicted octanol–water partition coefficient (Wildman–Crippen LogP) is 3.96. The molecular weight excluding hydrogens is 308 g/mol. The number of aliphatic imine (C=N–C) groups is 1. The number of thioether (sulfide) groups is 1. The monoisotopic (exact) mass is 330 g/mol. The molecule has 0 spiro atoms. The molecule has 0 radical (unpaired) electrons. The van der Waals surface area contributed by atoms with Crippen molar-refractivity contribution in [3.8, 4) is 0 Å². The van der Waals surface area contributed by atoms with Crippen molar-refractivity contribution in [2.75, 3.05) is 6.54 Å². The lowest BCUT2D eigenvalue weighted by Crippen LogP contribution is -2.08. The van der Waals surface area contributed by atoms with Gasteiger partial charge >= 0.3 is 5.63 Å². The Morgan fingerprint density at radius 2 is 2.17 bits per heavy atom. The third-order valence-corrected chi connectivity index (χ3v) is 4.47. The van der Waals surface area contributed by atoms with E-state index in [0.29, 0.717) is 29.0 Å². The Balaban J connectivity index is 2.43. The lowest BCUT2D eigenvalue weighted by atomic mass is 9.95. The molecule has 0 aliphatic rings. The van der Waals surface area contributed by atoms with Gasteiger partial charge in [-0.1, -0.05) is 31.7 Å². The molecule has 0 saturated heterocycles. The summed E-state index contributed by atoms with van der Waals surface area (Å²) in [5, 5.41) is 1.45. The summed E-state index contributed by atoms with van der Waals surface area (Å²) in [5.41, 5.74) is 9.44. The summed E-state index contributed by atoms with van der Waals surface area (Å²) in [6, 6.07) is 5.59. The number of nitrogens with zero attached hydrogens (tertiary/aromatic N) is 1. The van der Waals surface area contributed by atoms with E-state index in [2.05, 4.69) is 31.5 Å². The molecule has 4 nitrogen and oxygen atoms in total. The lowest BCUT2D eigenvalue weighted by molar-refractivity contribution is 0.559. The molecule has 122 valence electrons. The van der Waals surface area contributed by atoms with Gasteiger partial charge in [0.2, 0.25) is 0 Å². The van der Waals surface area contributed by atoms with Crippen LogP contribution in [0.1, 0.15) is 36.5 Å². The average Bonchev–Trinajstić information content (AvgIpc) is 2.49. The van der Waals surface area contributed by atoms with Crippen LogP contribution in [-0.2, 0) is 5.75 Å². The summed E-state index contributed by atoms with van der Waals surface area (Å²) < 4.78 is 5.35. The van der Waals surface area contributed by atoms with Gasteiger partial charge in [0.15, 0.2) is 5.17 Å². The third-order valence-electron chi connectivity index (χ3n) is 3.59. The summed E-state index contributed by atoms with van der Waals surface area (Å²) in [6.45, 7) is 10.5. The molecule has 0 aliphatic carbocycles. The topological polar surface area (TPSA) is 68.6 Å². The van der Waals surface area contributed by atoms with Crippen molar-refractivity contribution in [1.29, 1.82) is 0 Å². The molecule has 0 saturated carbocycles. The van der Waals surface area contributed by atoms with Crippen LogP contribution in [0.3, 0.4) is 0 Å². The highest BCUT2D eigenvalue weighted by Gasteiger charge is 2.11. The van der Waals surface area contributed by atoms with Crippen LogP contribution < -0.4 is 11.4 Å². The SMILES string of the molecule is C=CCN=C(N)SCc1cc(=O)oc2cc(C)c(C(C)C)cc12. The first-order chi connectivity index (χ1) is 10.9. The Morgan fingerprint density at radius 3 is 2.83 bits per heavy atom. The summed E-state index contributed by atoms with van der Waals surface area (Å²) in [7, 11) is 0. The van der Waals surface area contributed by atoms with Gasteiger partial charge in [-0.25, -0.2) is 4.79 Å². The molecule has 1 aromatic heterocycles. The first kappa shape index (κ1) is 17.3. The quantitative estimate of drug-likeness (QED) is 0.390. The number of amidine groups is 1. The molecular formula is C18H22N2O2S. The van der Waals surface area contributed by atoms with Crippen LogP contribution in [0.4, 0.5) is 0 Å². The molecule has 0 amide bonds. The maximum Gasteiger partial charge on any atom is 0.336 e. The Kier molecular flexibility index (Phi) is 5.66. The molecule has 1 aromatic carbocycles. The van der Waals surface area contributed by atoms with Crippen molar-refractivity contribution in [1.82, 2.24) is 0 Å². The normalized spacial score (nSPS) is 12.1. The number of nitrogens with two attached hydrogens (primary N) is 1. The molecule has 2 aromatic rings. The van der Waals surface area contributed by atoms with Crippen molar-refractivity contribution >= 4 is 27.9 Å². The highest BCUT2D eigenvalue weighted by molar-refractivity contribution is 8.13. The van der Waals surface area contributed by atoms with Crippen LogP contribution in [0.2, 0.25) is 0 Å². The molecule has 0 unspecified atom stereocenters. The van der Waals surface area contributed by atoms with Gasteiger partial charge in [0.1, 0.15) is 5.58 Å². The number of rotatable bonds is 5. The molecule has 2 rings (SSSR count). The van der Waals surface area contributed by atoms with Crippen LogP contribution in [0, 0.1) is 6.92 Å². The molecule has 0 fully saturated rings. The number of fused-ring (bicyclic) bond motifs is 1. The largest absolute Gasteiger partial charge is 0.423 e. The fourth-order valence-electron chi connectivity index (χ4n) is 2.48. The first-order valence-electron chi connectivity index (χ1n) is 7.53. The average molecular weight is 330 g/mol. The predicted molar refractivity (Wildman–Crippen MR) is 99.3 cm³/mol. The number of hydrogen-bond donors (Lipinski definition) is 1. The summed E-state index contributed by atoms with van der Waals surface area (Å²) in [4.78, 5) is 16.0. The Labute approximate surface area is 140 Å². The minimum Gasteiger partial charge on any atom is -0.423 e. The van der Waals surface area contributed by atoms with E-state index < -0.39 is 0 Å². The van der Waals surface area contributed by atoms with E-state index in [1.54, 1.807) is 6.08 Å². The second kappa shape index (κ2) is 7.51. The lowest BCUT2D eigenvalue weighted by Gasteiger charge is -2.13.